The standard InChI is InChI=1S/C21H21N3O4/c25-14-19-13-24(20(15-26)28-19)18-8-6-17(7-9-18)23-11-10-22(21(23)27)12-16-4-2-1-3-5-16/h1-11,15,19-20,25H,12-14H2. The Morgan fingerprint density at radius 2 is 1.75 bits per heavy atom. The third-order valence-electron chi connectivity index (χ3n) is 4.86. The summed E-state index contributed by atoms with van der Waals surface area (Å²) in [4.78, 5) is 25.8. The molecule has 0 bridgehead atoms. The summed E-state index contributed by atoms with van der Waals surface area (Å²) >= 11 is 0. The van der Waals surface area contributed by atoms with E-state index in [0.717, 1.165) is 23.2 Å². The number of benzene rings is 2. The maximum absolute atomic E-state index is 12.7. The molecule has 28 heavy (non-hydrogen) atoms. The van der Waals surface area contributed by atoms with Gasteiger partial charge in [-0.25, -0.2) is 4.79 Å². The zero-order chi connectivity index (χ0) is 19.5. The van der Waals surface area contributed by atoms with Gasteiger partial charge in [0, 0.05) is 24.6 Å². The Labute approximate surface area is 162 Å². The number of carbonyl (C=O) groups excluding carboxylic acids is 1. The first kappa shape index (κ1) is 18.2. The van der Waals surface area contributed by atoms with Crippen molar-refractivity contribution in [1.29, 1.82) is 0 Å². The number of rotatable bonds is 6. The summed E-state index contributed by atoms with van der Waals surface area (Å²) in [5.74, 6) is 0. The van der Waals surface area contributed by atoms with E-state index in [9.17, 15) is 14.7 Å². The van der Waals surface area contributed by atoms with Crippen LogP contribution >= 0.6 is 0 Å². The fourth-order valence-electron chi connectivity index (χ4n) is 3.41. The highest BCUT2D eigenvalue weighted by Gasteiger charge is 2.32. The van der Waals surface area contributed by atoms with Crippen LogP contribution in [-0.4, -0.2) is 46.0 Å². The number of aliphatic hydroxyl groups is 1. The number of ether oxygens (including phenoxy) is 1. The zero-order valence-corrected chi connectivity index (χ0v) is 15.2. The summed E-state index contributed by atoms with van der Waals surface area (Å²) in [5.41, 5.74) is 2.48. The summed E-state index contributed by atoms with van der Waals surface area (Å²) < 4.78 is 8.71. The van der Waals surface area contributed by atoms with E-state index in [1.807, 2.05) is 54.6 Å². The quantitative estimate of drug-likeness (QED) is 0.656. The van der Waals surface area contributed by atoms with Crippen molar-refractivity contribution in [2.24, 2.45) is 0 Å². The lowest BCUT2D eigenvalue weighted by Gasteiger charge is -2.21. The molecule has 2 atom stereocenters. The number of aromatic nitrogens is 2. The van der Waals surface area contributed by atoms with E-state index in [1.54, 1.807) is 26.4 Å². The Bertz CT molecular complexity index is 994. The van der Waals surface area contributed by atoms with Gasteiger partial charge >= 0.3 is 5.69 Å². The van der Waals surface area contributed by atoms with Crippen molar-refractivity contribution in [3.63, 3.8) is 0 Å². The molecule has 144 valence electrons. The van der Waals surface area contributed by atoms with E-state index in [-0.39, 0.29) is 18.4 Å². The van der Waals surface area contributed by atoms with Crippen LogP contribution in [0.1, 0.15) is 5.56 Å². The van der Waals surface area contributed by atoms with E-state index >= 15 is 0 Å². The minimum atomic E-state index is -0.710. The molecular formula is C21H21N3O4. The summed E-state index contributed by atoms with van der Waals surface area (Å²) in [6.45, 7) is 0.815. The molecule has 1 fully saturated rings. The van der Waals surface area contributed by atoms with Gasteiger partial charge in [0.05, 0.1) is 18.8 Å². The molecule has 7 nitrogen and oxygen atoms in total. The fraction of sp³-hybridized carbons (Fsp3) is 0.238. The average molecular weight is 379 g/mol. The van der Waals surface area contributed by atoms with Crippen LogP contribution in [0.15, 0.2) is 71.8 Å². The molecule has 0 saturated carbocycles. The Morgan fingerprint density at radius 3 is 2.43 bits per heavy atom. The maximum Gasteiger partial charge on any atom is 0.333 e. The minimum absolute atomic E-state index is 0.118. The number of aliphatic hydroxyl groups excluding tert-OH is 1. The highest BCUT2D eigenvalue weighted by molar-refractivity contribution is 5.66. The van der Waals surface area contributed by atoms with Crippen molar-refractivity contribution in [3.8, 4) is 5.69 Å². The van der Waals surface area contributed by atoms with Crippen molar-refractivity contribution >= 4 is 12.0 Å². The Morgan fingerprint density at radius 1 is 1.04 bits per heavy atom. The maximum atomic E-state index is 12.7. The number of anilines is 1. The lowest BCUT2D eigenvalue weighted by molar-refractivity contribution is -0.117. The van der Waals surface area contributed by atoms with Gasteiger partial charge < -0.3 is 14.7 Å². The smallest absolute Gasteiger partial charge is 0.333 e. The first-order valence-electron chi connectivity index (χ1n) is 9.10. The fourth-order valence-corrected chi connectivity index (χ4v) is 3.41. The molecule has 0 amide bonds. The average Bonchev–Trinajstić information content (AvgIpc) is 3.33. The predicted molar refractivity (Wildman–Crippen MR) is 105 cm³/mol. The first-order valence-corrected chi connectivity index (χ1v) is 9.10. The summed E-state index contributed by atoms with van der Waals surface area (Å²) in [6, 6.07) is 17.2. The van der Waals surface area contributed by atoms with Crippen LogP contribution < -0.4 is 10.6 Å². The molecule has 1 aromatic heterocycles. The van der Waals surface area contributed by atoms with Gasteiger partial charge in [-0.15, -0.1) is 0 Å². The molecule has 3 aromatic rings. The SMILES string of the molecule is O=CC1OC(CO)CN1c1ccc(-n2ccn(Cc3ccccc3)c2=O)cc1. The Balaban J connectivity index is 1.55. The third-order valence-corrected chi connectivity index (χ3v) is 4.86. The Hall–Kier alpha value is -3.16. The van der Waals surface area contributed by atoms with Gasteiger partial charge in [0.1, 0.15) is 6.10 Å². The number of hydrogen-bond donors (Lipinski definition) is 1. The second kappa shape index (κ2) is 7.84. The lowest BCUT2D eigenvalue weighted by atomic mass is 10.2. The summed E-state index contributed by atoms with van der Waals surface area (Å²) in [7, 11) is 0. The van der Waals surface area contributed by atoms with Gasteiger partial charge in [-0.1, -0.05) is 30.3 Å². The molecule has 0 aliphatic carbocycles. The molecule has 2 heterocycles. The van der Waals surface area contributed by atoms with Crippen LogP contribution in [0, 0.1) is 0 Å². The highest BCUT2D eigenvalue weighted by atomic mass is 16.5. The highest BCUT2D eigenvalue weighted by Crippen LogP contribution is 2.24. The number of carbonyl (C=O) groups is 1. The Kier molecular flexibility index (Phi) is 5.10. The van der Waals surface area contributed by atoms with Crippen LogP contribution in [0.5, 0.6) is 0 Å². The van der Waals surface area contributed by atoms with Crippen molar-refractivity contribution in [2.45, 2.75) is 18.9 Å². The van der Waals surface area contributed by atoms with Crippen LogP contribution in [0.4, 0.5) is 5.69 Å². The van der Waals surface area contributed by atoms with Crippen LogP contribution in [-0.2, 0) is 16.1 Å². The molecule has 1 N–H and O–H groups in total. The van der Waals surface area contributed by atoms with Gasteiger partial charge in [0.2, 0.25) is 0 Å². The van der Waals surface area contributed by atoms with Crippen LogP contribution in [0.3, 0.4) is 0 Å². The van der Waals surface area contributed by atoms with Gasteiger partial charge in [-0.2, -0.15) is 0 Å². The van der Waals surface area contributed by atoms with Crippen molar-refractivity contribution < 1.29 is 14.6 Å². The number of hydrogen-bond acceptors (Lipinski definition) is 5. The lowest BCUT2D eigenvalue weighted by Crippen LogP contribution is -2.31. The predicted octanol–water partition coefficient (Wildman–Crippen LogP) is 1.41. The molecule has 7 heteroatoms. The number of aldehydes is 1. The minimum Gasteiger partial charge on any atom is -0.394 e. The van der Waals surface area contributed by atoms with E-state index in [2.05, 4.69) is 0 Å². The van der Waals surface area contributed by atoms with Crippen LogP contribution in [0.25, 0.3) is 5.69 Å². The molecule has 4 rings (SSSR count). The van der Waals surface area contributed by atoms with Gasteiger partial charge in [-0.3, -0.25) is 13.9 Å². The molecule has 2 unspecified atom stereocenters. The zero-order valence-electron chi connectivity index (χ0n) is 15.2. The summed E-state index contributed by atoms with van der Waals surface area (Å²) in [6.07, 6.45) is 3.14. The van der Waals surface area contributed by atoms with Crippen molar-refractivity contribution in [1.82, 2.24) is 9.13 Å². The van der Waals surface area contributed by atoms with Crippen molar-refractivity contribution in [3.05, 3.63) is 83.0 Å². The van der Waals surface area contributed by atoms with E-state index in [1.165, 1.54) is 0 Å². The van der Waals surface area contributed by atoms with Gasteiger partial charge in [0.15, 0.2) is 12.5 Å². The molecule has 2 aromatic carbocycles. The summed E-state index contributed by atoms with van der Waals surface area (Å²) in [5, 5.41) is 9.27. The molecule has 1 aliphatic heterocycles. The first-order chi connectivity index (χ1) is 13.7. The molecule has 0 spiro atoms. The second-order valence-electron chi connectivity index (χ2n) is 6.70. The van der Waals surface area contributed by atoms with Gasteiger partial charge in [0.25, 0.3) is 0 Å². The van der Waals surface area contributed by atoms with Crippen LogP contribution in [0.2, 0.25) is 0 Å². The molecule has 1 aliphatic rings. The van der Waals surface area contributed by atoms with Crippen molar-refractivity contribution in [2.75, 3.05) is 18.1 Å². The second-order valence-corrected chi connectivity index (χ2v) is 6.70. The number of imidazole rings is 1. The van der Waals surface area contributed by atoms with E-state index in [4.69, 9.17) is 4.74 Å². The number of nitrogens with zero attached hydrogens (tertiary/aromatic N) is 3. The monoisotopic (exact) mass is 379 g/mol. The largest absolute Gasteiger partial charge is 0.394 e. The third kappa shape index (κ3) is 3.49. The molecule has 1 saturated heterocycles. The molecular weight excluding hydrogens is 358 g/mol. The normalized spacial score (nSPS) is 19.1. The van der Waals surface area contributed by atoms with E-state index in [0.29, 0.717) is 13.1 Å². The van der Waals surface area contributed by atoms with Gasteiger partial charge in [-0.05, 0) is 29.8 Å². The molecule has 0 radical (unpaired) electrons. The van der Waals surface area contributed by atoms with E-state index < -0.39 is 6.23 Å². The topological polar surface area (TPSA) is 76.7 Å².